The maximum atomic E-state index is 11.6. The maximum Gasteiger partial charge on any atom is 0.339 e. The summed E-state index contributed by atoms with van der Waals surface area (Å²) in [6, 6.07) is 14.3. The van der Waals surface area contributed by atoms with E-state index in [1.165, 1.54) is 19.4 Å². The van der Waals surface area contributed by atoms with Gasteiger partial charge >= 0.3 is 5.97 Å². The quantitative estimate of drug-likeness (QED) is 0.368. The van der Waals surface area contributed by atoms with E-state index in [1.807, 2.05) is 24.3 Å². The first-order valence-corrected chi connectivity index (χ1v) is 7.04. The lowest BCUT2D eigenvalue weighted by molar-refractivity contribution is -0.129. The van der Waals surface area contributed by atoms with Crippen molar-refractivity contribution >= 4 is 5.97 Å². The predicted molar refractivity (Wildman–Crippen MR) is 84.9 cm³/mol. The van der Waals surface area contributed by atoms with Gasteiger partial charge in [-0.25, -0.2) is 4.79 Å². The van der Waals surface area contributed by atoms with Crippen molar-refractivity contribution < 1.29 is 24.1 Å². The van der Waals surface area contributed by atoms with Gasteiger partial charge in [0, 0.05) is 5.56 Å². The molecule has 0 unspecified atom stereocenters. The number of rotatable bonds is 7. The lowest BCUT2D eigenvalue weighted by atomic mass is 10.2. The second-order valence-corrected chi connectivity index (χ2v) is 4.66. The molecular weight excluding hydrogens is 296 g/mol. The lowest BCUT2D eigenvalue weighted by Crippen LogP contribution is -2.07. The number of aliphatic hydroxyl groups excluding tert-OH is 1. The first-order valence-electron chi connectivity index (χ1n) is 7.04. The van der Waals surface area contributed by atoms with Crippen LogP contribution in [0.1, 0.15) is 11.1 Å². The van der Waals surface area contributed by atoms with Crippen LogP contribution in [0, 0.1) is 0 Å². The topological polar surface area (TPSA) is 65.0 Å². The molecule has 0 aliphatic carbocycles. The van der Waals surface area contributed by atoms with Crippen LogP contribution >= 0.6 is 0 Å². The van der Waals surface area contributed by atoms with Crippen molar-refractivity contribution in [1.29, 1.82) is 0 Å². The van der Waals surface area contributed by atoms with Crippen LogP contribution in [0.5, 0.6) is 11.5 Å². The lowest BCUT2D eigenvalue weighted by Gasteiger charge is -2.11. The van der Waals surface area contributed by atoms with E-state index in [1.54, 1.807) is 24.3 Å². The fraction of sp³-hybridized carbons (Fsp3) is 0.167. The predicted octanol–water partition coefficient (Wildman–Crippen LogP) is 2.82. The Balaban J connectivity index is 2.05. The van der Waals surface area contributed by atoms with Crippen LogP contribution in [0.25, 0.3) is 0 Å². The number of hydrogen-bond donors (Lipinski definition) is 1. The molecule has 2 aromatic rings. The molecule has 2 rings (SSSR count). The third-order valence-electron chi connectivity index (χ3n) is 3.00. The zero-order chi connectivity index (χ0) is 16.5. The Hall–Kier alpha value is -2.79. The Kier molecular flexibility index (Phi) is 6.20. The summed E-state index contributed by atoms with van der Waals surface area (Å²) in [7, 11) is 1.45. The number of benzene rings is 2. The molecule has 0 heterocycles. The van der Waals surface area contributed by atoms with Gasteiger partial charge in [0.15, 0.2) is 0 Å². The summed E-state index contributed by atoms with van der Waals surface area (Å²) in [6.07, 6.45) is 2.45. The van der Waals surface area contributed by atoms with Gasteiger partial charge in [-0.3, -0.25) is 0 Å². The minimum atomic E-state index is -0.526. The number of para-hydroxylation sites is 1. The van der Waals surface area contributed by atoms with Crippen molar-refractivity contribution in [3.05, 3.63) is 72.0 Å². The summed E-state index contributed by atoms with van der Waals surface area (Å²) >= 11 is 0. The Labute approximate surface area is 134 Å². The van der Waals surface area contributed by atoms with Crippen LogP contribution in [0.4, 0.5) is 0 Å². The summed E-state index contributed by atoms with van der Waals surface area (Å²) in [5, 5.41) is 9.13. The number of ether oxygens (including phenoxy) is 3. The molecule has 0 aliphatic rings. The molecule has 23 heavy (non-hydrogen) atoms. The van der Waals surface area contributed by atoms with Crippen molar-refractivity contribution in [3.8, 4) is 11.5 Å². The largest absolute Gasteiger partial charge is 0.504 e. The molecule has 0 fully saturated rings. The molecular formula is C18H18O5. The van der Waals surface area contributed by atoms with Gasteiger partial charge in [0.05, 0.1) is 26.1 Å². The van der Waals surface area contributed by atoms with E-state index in [2.05, 4.69) is 4.74 Å². The normalized spacial score (nSPS) is 10.5. The molecule has 0 saturated carbocycles. The number of methoxy groups -OCH3 is 1. The van der Waals surface area contributed by atoms with Gasteiger partial charge < -0.3 is 19.3 Å². The molecule has 0 bridgehead atoms. The molecule has 5 heteroatoms. The molecule has 0 atom stereocenters. The minimum Gasteiger partial charge on any atom is -0.504 e. The van der Waals surface area contributed by atoms with Gasteiger partial charge in [-0.2, -0.15) is 0 Å². The van der Waals surface area contributed by atoms with Crippen LogP contribution in [-0.4, -0.2) is 18.2 Å². The average Bonchev–Trinajstić information content (AvgIpc) is 2.59. The zero-order valence-corrected chi connectivity index (χ0v) is 12.8. The third kappa shape index (κ3) is 5.16. The van der Waals surface area contributed by atoms with E-state index in [-0.39, 0.29) is 13.2 Å². The highest BCUT2D eigenvalue weighted by Crippen LogP contribution is 2.21. The highest BCUT2D eigenvalue weighted by Gasteiger charge is 2.08. The summed E-state index contributed by atoms with van der Waals surface area (Å²) in [5.74, 6) is 0.537. The number of aliphatic hydroxyl groups is 1. The second-order valence-electron chi connectivity index (χ2n) is 4.66. The number of carbonyl (C=O) groups is 1. The third-order valence-corrected chi connectivity index (χ3v) is 3.00. The Morgan fingerprint density at radius 1 is 1.17 bits per heavy atom. The summed E-state index contributed by atoms with van der Waals surface area (Å²) < 4.78 is 15.6. The van der Waals surface area contributed by atoms with Crippen molar-refractivity contribution in [2.75, 3.05) is 7.11 Å². The van der Waals surface area contributed by atoms with Crippen LogP contribution < -0.4 is 9.47 Å². The molecule has 0 saturated heterocycles. The fourth-order valence-corrected chi connectivity index (χ4v) is 1.88. The number of hydrogen-bond acceptors (Lipinski definition) is 5. The van der Waals surface area contributed by atoms with Crippen LogP contribution in [0.3, 0.4) is 0 Å². The Morgan fingerprint density at radius 3 is 2.78 bits per heavy atom. The highest BCUT2D eigenvalue weighted by atomic mass is 16.5. The SMILES string of the molecule is COC=CC(=O)Oc1ccccc1COc1cccc(CO)c1. The maximum absolute atomic E-state index is 11.6. The van der Waals surface area contributed by atoms with Gasteiger partial charge in [0.25, 0.3) is 0 Å². The monoisotopic (exact) mass is 314 g/mol. The second kappa shape index (κ2) is 8.60. The minimum absolute atomic E-state index is 0.0444. The fourth-order valence-electron chi connectivity index (χ4n) is 1.88. The summed E-state index contributed by atoms with van der Waals surface area (Å²) in [6.45, 7) is 0.198. The van der Waals surface area contributed by atoms with Crippen molar-refractivity contribution in [3.63, 3.8) is 0 Å². The summed E-state index contributed by atoms with van der Waals surface area (Å²) in [4.78, 5) is 11.6. The van der Waals surface area contributed by atoms with Crippen molar-refractivity contribution in [2.45, 2.75) is 13.2 Å². The average molecular weight is 314 g/mol. The molecule has 2 aromatic carbocycles. The first-order chi connectivity index (χ1) is 11.2. The Bertz CT molecular complexity index is 679. The van der Waals surface area contributed by atoms with Gasteiger partial charge in [0.1, 0.15) is 18.1 Å². The van der Waals surface area contributed by atoms with Crippen molar-refractivity contribution in [1.82, 2.24) is 0 Å². The van der Waals surface area contributed by atoms with E-state index in [0.717, 1.165) is 11.1 Å². The first kappa shape index (κ1) is 16.6. The highest BCUT2D eigenvalue weighted by molar-refractivity contribution is 5.83. The number of carbonyl (C=O) groups excluding carboxylic acids is 1. The molecule has 0 amide bonds. The van der Waals surface area contributed by atoms with E-state index < -0.39 is 5.97 Å². The molecule has 0 radical (unpaired) electrons. The van der Waals surface area contributed by atoms with E-state index in [0.29, 0.717) is 11.5 Å². The van der Waals surface area contributed by atoms with E-state index in [9.17, 15) is 4.79 Å². The smallest absolute Gasteiger partial charge is 0.339 e. The van der Waals surface area contributed by atoms with Crippen LogP contribution in [0.15, 0.2) is 60.9 Å². The molecule has 0 aliphatic heterocycles. The molecule has 1 N–H and O–H groups in total. The van der Waals surface area contributed by atoms with Gasteiger partial charge in [-0.1, -0.05) is 30.3 Å². The number of esters is 1. The van der Waals surface area contributed by atoms with Gasteiger partial charge in [0.2, 0.25) is 0 Å². The zero-order valence-electron chi connectivity index (χ0n) is 12.8. The molecule has 120 valence electrons. The summed E-state index contributed by atoms with van der Waals surface area (Å²) in [5.41, 5.74) is 1.51. The van der Waals surface area contributed by atoms with Crippen LogP contribution in [0.2, 0.25) is 0 Å². The van der Waals surface area contributed by atoms with E-state index >= 15 is 0 Å². The van der Waals surface area contributed by atoms with Crippen LogP contribution in [-0.2, 0) is 22.7 Å². The standard InChI is InChI=1S/C18H18O5/c1-21-10-9-18(20)23-17-8-3-2-6-15(17)13-22-16-7-4-5-14(11-16)12-19/h2-11,19H,12-13H2,1H3. The van der Waals surface area contributed by atoms with Gasteiger partial charge in [-0.15, -0.1) is 0 Å². The molecule has 5 nitrogen and oxygen atoms in total. The molecule has 0 aromatic heterocycles. The van der Waals surface area contributed by atoms with E-state index in [4.69, 9.17) is 14.6 Å². The van der Waals surface area contributed by atoms with Gasteiger partial charge in [-0.05, 0) is 23.8 Å². The molecule has 0 spiro atoms. The van der Waals surface area contributed by atoms with Crippen molar-refractivity contribution in [2.24, 2.45) is 0 Å². The Morgan fingerprint density at radius 2 is 2.00 bits per heavy atom.